The van der Waals surface area contributed by atoms with E-state index in [1.807, 2.05) is 4.90 Å². The number of nitrogens with zero attached hydrogens (tertiary/aromatic N) is 1. The topological polar surface area (TPSA) is 96.8 Å². The largest absolute Gasteiger partial charge is 0.475 e. The van der Waals surface area contributed by atoms with Gasteiger partial charge >= 0.3 is 5.97 Å². The van der Waals surface area contributed by atoms with Crippen LogP contribution in [0.3, 0.4) is 0 Å². The highest BCUT2D eigenvalue weighted by Gasteiger charge is 2.23. The molecule has 0 saturated carbocycles. The molecule has 1 amide bonds. The third-order valence-electron chi connectivity index (χ3n) is 3.22. The van der Waals surface area contributed by atoms with Crippen molar-refractivity contribution in [2.24, 2.45) is 11.7 Å². The number of piperidine rings is 1. The number of anilines is 1. The van der Waals surface area contributed by atoms with Crippen LogP contribution in [-0.4, -0.2) is 30.1 Å². The van der Waals surface area contributed by atoms with Gasteiger partial charge in [0.15, 0.2) is 5.88 Å². The summed E-state index contributed by atoms with van der Waals surface area (Å²) in [4.78, 5) is 23.5. The summed E-state index contributed by atoms with van der Waals surface area (Å²) >= 11 is 0. The Labute approximate surface area is 104 Å². The second-order valence-corrected chi connectivity index (χ2v) is 4.54. The maximum absolute atomic E-state index is 10.8. The van der Waals surface area contributed by atoms with E-state index in [0.29, 0.717) is 18.2 Å². The normalized spacial score (nSPS) is 16.8. The van der Waals surface area contributed by atoms with Crippen molar-refractivity contribution >= 4 is 17.8 Å². The first kappa shape index (κ1) is 12.5. The van der Waals surface area contributed by atoms with Crippen LogP contribution >= 0.6 is 0 Å². The average molecular weight is 252 g/mol. The second kappa shape index (κ2) is 5.12. The molecule has 6 nitrogen and oxygen atoms in total. The van der Waals surface area contributed by atoms with Gasteiger partial charge in [-0.15, -0.1) is 0 Å². The third-order valence-corrected chi connectivity index (χ3v) is 3.22. The zero-order valence-electron chi connectivity index (χ0n) is 9.96. The molecule has 1 aliphatic rings. The highest BCUT2D eigenvalue weighted by molar-refractivity contribution is 5.84. The number of carboxylic acids is 1. The van der Waals surface area contributed by atoms with Crippen LogP contribution in [0, 0.1) is 5.92 Å². The highest BCUT2D eigenvalue weighted by Crippen LogP contribution is 2.26. The Morgan fingerprint density at radius 1 is 1.39 bits per heavy atom. The van der Waals surface area contributed by atoms with Crippen LogP contribution in [0.5, 0.6) is 0 Å². The van der Waals surface area contributed by atoms with E-state index in [4.69, 9.17) is 15.3 Å². The van der Waals surface area contributed by atoms with Crippen molar-refractivity contribution < 1.29 is 19.1 Å². The van der Waals surface area contributed by atoms with E-state index >= 15 is 0 Å². The summed E-state index contributed by atoms with van der Waals surface area (Å²) < 4.78 is 5.24. The lowest BCUT2D eigenvalue weighted by molar-refractivity contribution is -0.119. The zero-order valence-corrected chi connectivity index (χ0v) is 9.96. The van der Waals surface area contributed by atoms with E-state index in [1.165, 1.54) is 6.07 Å². The number of hydrogen-bond acceptors (Lipinski definition) is 4. The lowest BCUT2D eigenvalue weighted by Crippen LogP contribution is -2.34. The van der Waals surface area contributed by atoms with Gasteiger partial charge in [-0.3, -0.25) is 4.79 Å². The predicted octanol–water partition coefficient (Wildman–Crippen LogP) is 1.07. The van der Waals surface area contributed by atoms with Crippen molar-refractivity contribution in [3.63, 3.8) is 0 Å². The van der Waals surface area contributed by atoms with Crippen LogP contribution in [0.2, 0.25) is 0 Å². The molecule has 0 aliphatic carbocycles. The van der Waals surface area contributed by atoms with Crippen molar-refractivity contribution in [3.8, 4) is 0 Å². The summed E-state index contributed by atoms with van der Waals surface area (Å²) in [6.45, 7) is 1.51. The highest BCUT2D eigenvalue weighted by atomic mass is 16.4. The molecule has 98 valence electrons. The summed E-state index contributed by atoms with van der Waals surface area (Å²) in [5.74, 6) is -0.480. The smallest absolute Gasteiger partial charge is 0.371 e. The SMILES string of the molecule is NC(=O)CC1CCN(c2ccc(C(=O)O)o2)CC1. The van der Waals surface area contributed by atoms with E-state index in [-0.39, 0.29) is 11.7 Å². The molecule has 1 saturated heterocycles. The number of amides is 1. The first-order valence-corrected chi connectivity index (χ1v) is 5.92. The molecule has 2 heterocycles. The molecule has 0 unspecified atom stereocenters. The van der Waals surface area contributed by atoms with Crippen LogP contribution in [0.25, 0.3) is 0 Å². The Kier molecular flexibility index (Phi) is 3.55. The molecular formula is C12H16N2O4. The number of carbonyl (C=O) groups excluding carboxylic acids is 1. The van der Waals surface area contributed by atoms with Crippen LogP contribution in [0.15, 0.2) is 16.5 Å². The van der Waals surface area contributed by atoms with Gasteiger partial charge in [-0.25, -0.2) is 4.79 Å². The molecule has 18 heavy (non-hydrogen) atoms. The number of carboxylic acid groups (broad SMARTS) is 1. The van der Waals surface area contributed by atoms with E-state index < -0.39 is 5.97 Å². The number of primary amides is 1. The molecule has 0 spiro atoms. The van der Waals surface area contributed by atoms with Gasteiger partial charge in [0.1, 0.15) is 0 Å². The van der Waals surface area contributed by atoms with Crippen molar-refractivity contribution in [1.82, 2.24) is 0 Å². The first-order valence-electron chi connectivity index (χ1n) is 5.92. The van der Waals surface area contributed by atoms with Crippen molar-refractivity contribution in [1.29, 1.82) is 0 Å². The average Bonchev–Trinajstić information content (AvgIpc) is 2.78. The molecular weight excluding hydrogens is 236 g/mol. The van der Waals surface area contributed by atoms with Gasteiger partial charge in [0, 0.05) is 25.6 Å². The van der Waals surface area contributed by atoms with Gasteiger partial charge in [-0.05, 0) is 24.8 Å². The summed E-state index contributed by atoms with van der Waals surface area (Å²) in [5.41, 5.74) is 5.17. The fraction of sp³-hybridized carbons (Fsp3) is 0.500. The molecule has 3 N–H and O–H groups in total. The monoisotopic (exact) mass is 252 g/mol. The molecule has 1 aromatic rings. The Morgan fingerprint density at radius 3 is 2.56 bits per heavy atom. The van der Waals surface area contributed by atoms with Gasteiger partial charge in [-0.1, -0.05) is 0 Å². The summed E-state index contributed by atoms with van der Waals surface area (Å²) in [6.07, 6.45) is 2.16. The summed E-state index contributed by atoms with van der Waals surface area (Å²) in [5, 5.41) is 8.77. The van der Waals surface area contributed by atoms with Gasteiger partial charge < -0.3 is 20.2 Å². The molecule has 0 radical (unpaired) electrons. The van der Waals surface area contributed by atoms with Crippen LogP contribution in [0.1, 0.15) is 29.8 Å². The summed E-state index contributed by atoms with van der Waals surface area (Å²) in [6, 6.07) is 3.12. The zero-order chi connectivity index (χ0) is 13.1. The summed E-state index contributed by atoms with van der Waals surface area (Å²) in [7, 11) is 0. The molecule has 1 aliphatic heterocycles. The fourth-order valence-corrected chi connectivity index (χ4v) is 2.25. The Bertz CT molecular complexity index is 447. The third kappa shape index (κ3) is 2.82. The number of hydrogen-bond donors (Lipinski definition) is 2. The Hall–Kier alpha value is -1.98. The number of rotatable bonds is 4. The molecule has 2 rings (SSSR count). The fourth-order valence-electron chi connectivity index (χ4n) is 2.25. The predicted molar refractivity (Wildman–Crippen MR) is 64.4 cm³/mol. The number of aromatic carboxylic acids is 1. The lowest BCUT2D eigenvalue weighted by atomic mass is 9.93. The maximum Gasteiger partial charge on any atom is 0.371 e. The minimum atomic E-state index is -1.06. The second-order valence-electron chi connectivity index (χ2n) is 4.54. The quantitative estimate of drug-likeness (QED) is 0.835. The van der Waals surface area contributed by atoms with Crippen LogP contribution in [0.4, 0.5) is 5.88 Å². The lowest BCUT2D eigenvalue weighted by Gasteiger charge is -2.31. The molecule has 6 heteroatoms. The first-order chi connectivity index (χ1) is 8.56. The van der Waals surface area contributed by atoms with Gasteiger partial charge in [0.25, 0.3) is 0 Å². The molecule has 0 aromatic carbocycles. The van der Waals surface area contributed by atoms with Crippen LogP contribution in [-0.2, 0) is 4.79 Å². The Morgan fingerprint density at radius 2 is 2.06 bits per heavy atom. The van der Waals surface area contributed by atoms with Crippen molar-refractivity contribution in [2.75, 3.05) is 18.0 Å². The van der Waals surface area contributed by atoms with E-state index in [1.54, 1.807) is 6.07 Å². The number of furan rings is 1. The van der Waals surface area contributed by atoms with Gasteiger partial charge in [-0.2, -0.15) is 0 Å². The minimum absolute atomic E-state index is 0.0516. The van der Waals surface area contributed by atoms with Crippen molar-refractivity contribution in [3.05, 3.63) is 17.9 Å². The van der Waals surface area contributed by atoms with E-state index in [2.05, 4.69) is 0 Å². The minimum Gasteiger partial charge on any atom is -0.475 e. The van der Waals surface area contributed by atoms with Crippen LogP contribution < -0.4 is 10.6 Å². The number of nitrogens with two attached hydrogens (primary N) is 1. The van der Waals surface area contributed by atoms with E-state index in [9.17, 15) is 9.59 Å². The van der Waals surface area contributed by atoms with Gasteiger partial charge in [0.05, 0.1) is 0 Å². The Balaban J connectivity index is 1.92. The molecule has 0 bridgehead atoms. The molecule has 0 atom stereocenters. The van der Waals surface area contributed by atoms with Gasteiger partial charge in [0.2, 0.25) is 11.7 Å². The molecule has 1 aromatic heterocycles. The van der Waals surface area contributed by atoms with Crippen molar-refractivity contribution in [2.45, 2.75) is 19.3 Å². The maximum atomic E-state index is 10.8. The van der Waals surface area contributed by atoms with E-state index in [0.717, 1.165) is 25.9 Å². The number of carbonyl (C=O) groups is 2. The standard InChI is InChI=1S/C12H16N2O4/c13-10(15)7-8-3-5-14(6-4-8)11-2-1-9(18-11)12(16)17/h1-2,8H,3-7H2,(H2,13,15)(H,16,17). The molecule has 1 fully saturated rings.